The van der Waals surface area contributed by atoms with Gasteiger partial charge in [-0.25, -0.2) is 0 Å². The van der Waals surface area contributed by atoms with E-state index < -0.39 is 5.97 Å². The molecule has 0 aromatic heterocycles. The highest BCUT2D eigenvalue weighted by atomic mass is 16.6. The second kappa shape index (κ2) is 5.55. The molecule has 1 aliphatic rings. The number of carbonyl (C=O) groups excluding carboxylic acids is 1. The van der Waals surface area contributed by atoms with Gasteiger partial charge in [0.2, 0.25) is 0 Å². The van der Waals surface area contributed by atoms with Crippen LogP contribution < -0.4 is 0 Å². The number of rotatable bonds is 3. The minimum atomic E-state index is -0.461. The first-order valence-corrected chi connectivity index (χ1v) is 4.47. The molecule has 0 radical (unpaired) electrons. The lowest BCUT2D eigenvalue weighted by molar-refractivity contribution is -0.147. The molecular weight excluding hydrogens is 170 g/mol. The van der Waals surface area contributed by atoms with Gasteiger partial charge in [-0.1, -0.05) is 0 Å². The lowest BCUT2D eigenvalue weighted by Gasteiger charge is -2.21. The maximum atomic E-state index is 10.8. The zero-order chi connectivity index (χ0) is 9.52. The molecule has 0 aromatic carbocycles. The summed E-state index contributed by atoms with van der Waals surface area (Å²) in [4.78, 5) is 10.8. The predicted molar refractivity (Wildman–Crippen MR) is 44.8 cm³/mol. The van der Waals surface area contributed by atoms with E-state index in [1.54, 1.807) is 6.07 Å². The van der Waals surface area contributed by atoms with Crippen LogP contribution in [0.3, 0.4) is 0 Å². The van der Waals surface area contributed by atoms with Crippen molar-refractivity contribution in [3.8, 4) is 6.07 Å². The van der Waals surface area contributed by atoms with Crippen molar-refractivity contribution in [1.29, 1.82) is 5.26 Å². The number of esters is 1. The van der Waals surface area contributed by atoms with Gasteiger partial charge >= 0.3 is 5.97 Å². The lowest BCUT2D eigenvalue weighted by Crippen LogP contribution is -2.25. The van der Waals surface area contributed by atoms with Crippen molar-refractivity contribution < 1.29 is 14.3 Å². The van der Waals surface area contributed by atoms with E-state index in [2.05, 4.69) is 0 Å². The fourth-order valence-electron chi connectivity index (χ4n) is 1.24. The van der Waals surface area contributed by atoms with E-state index in [4.69, 9.17) is 14.7 Å². The van der Waals surface area contributed by atoms with Crippen LogP contribution in [0.2, 0.25) is 0 Å². The molecular formula is C9H13NO3. The summed E-state index contributed by atoms with van der Waals surface area (Å²) in [6.45, 7) is 1.04. The fourth-order valence-corrected chi connectivity index (χ4v) is 1.24. The number of hydrogen-bond acceptors (Lipinski definition) is 4. The van der Waals surface area contributed by atoms with Gasteiger partial charge in [0.1, 0.15) is 13.0 Å². The smallest absolute Gasteiger partial charge is 0.320 e. The molecule has 1 saturated heterocycles. The molecule has 0 saturated carbocycles. The minimum absolute atomic E-state index is 0.0383. The van der Waals surface area contributed by atoms with Crippen molar-refractivity contribution in [3.63, 3.8) is 0 Å². The van der Waals surface area contributed by atoms with Crippen LogP contribution >= 0.6 is 0 Å². The van der Waals surface area contributed by atoms with Crippen molar-refractivity contribution in [1.82, 2.24) is 0 Å². The van der Waals surface area contributed by atoms with E-state index >= 15 is 0 Å². The lowest BCUT2D eigenvalue weighted by atomic mass is 10.1. The molecule has 4 nitrogen and oxygen atoms in total. The van der Waals surface area contributed by atoms with Crippen LogP contribution in [0.25, 0.3) is 0 Å². The summed E-state index contributed by atoms with van der Waals surface area (Å²) in [5.74, 6) is -0.461. The fraction of sp³-hybridized carbons (Fsp3) is 0.778. The average Bonchev–Trinajstić information content (AvgIpc) is 2.17. The number of nitriles is 1. The Kier molecular flexibility index (Phi) is 4.27. The highest BCUT2D eigenvalue weighted by Gasteiger charge is 2.15. The zero-order valence-corrected chi connectivity index (χ0v) is 7.49. The van der Waals surface area contributed by atoms with Crippen molar-refractivity contribution in [2.45, 2.75) is 31.8 Å². The van der Waals surface area contributed by atoms with Crippen molar-refractivity contribution in [2.24, 2.45) is 0 Å². The Morgan fingerprint density at radius 3 is 3.08 bits per heavy atom. The van der Waals surface area contributed by atoms with Gasteiger partial charge in [0, 0.05) is 6.61 Å². The quantitative estimate of drug-likeness (QED) is 0.613. The molecule has 0 aliphatic carbocycles. The van der Waals surface area contributed by atoms with Crippen LogP contribution in [0.4, 0.5) is 0 Å². The molecule has 0 N–H and O–H groups in total. The summed E-state index contributed by atoms with van der Waals surface area (Å²) in [5.41, 5.74) is 0. The van der Waals surface area contributed by atoms with Gasteiger partial charge in [-0.3, -0.25) is 4.79 Å². The first kappa shape index (κ1) is 10.0. The Hall–Kier alpha value is -1.08. The molecule has 1 fully saturated rings. The first-order chi connectivity index (χ1) is 6.33. The highest BCUT2D eigenvalue weighted by molar-refractivity contribution is 5.71. The zero-order valence-electron chi connectivity index (χ0n) is 7.49. The molecule has 1 unspecified atom stereocenters. The maximum Gasteiger partial charge on any atom is 0.320 e. The Balaban J connectivity index is 2.10. The Bertz CT molecular complexity index is 203. The first-order valence-electron chi connectivity index (χ1n) is 4.47. The van der Waals surface area contributed by atoms with Crippen molar-refractivity contribution in [2.75, 3.05) is 13.2 Å². The third-order valence-electron chi connectivity index (χ3n) is 1.93. The monoisotopic (exact) mass is 183 g/mol. The second-order valence-corrected chi connectivity index (χ2v) is 3.01. The van der Waals surface area contributed by atoms with Gasteiger partial charge in [0.05, 0.1) is 12.2 Å². The second-order valence-electron chi connectivity index (χ2n) is 3.01. The van der Waals surface area contributed by atoms with E-state index in [9.17, 15) is 4.79 Å². The van der Waals surface area contributed by atoms with Crippen LogP contribution in [-0.4, -0.2) is 25.3 Å². The minimum Gasteiger partial charge on any atom is -0.462 e. The van der Waals surface area contributed by atoms with Crippen LogP contribution in [0.5, 0.6) is 0 Å². The number of nitrogens with zero attached hydrogens (tertiary/aromatic N) is 1. The Labute approximate surface area is 77.4 Å². The van der Waals surface area contributed by atoms with Gasteiger partial charge in [0.15, 0.2) is 0 Å². The standard InChI is InChI=1S/C9H13NO3/c10-5-4-9(11)13-7-8-3-1-2-6-12-8/h8H,1-4,6-7H2. The van der Waals surface area contributed by atoms with Crippen molar-refractivity contribution in [3.05, 3.63) is 0 Å². The van der Waals surface area contributed by atoms with Crippen LogP contribution in [0, 0.1) is 11.3 Å². The summed E-state index contributed by atoms with van der Waals surface area (Å²) in [5, 5.41) is 8.19. The molecule has 0 aromatic rings. The number of hydrogen-bond donors (Lipinski definition) is 0. The van der Waals surface area contributed by atoms with Crippen LogP contribution in [0.1, 0.15) is 25.7 Å². The summed E-state index contributed by atoms with van der Waals surface area (Å²) in [6.07, 6.45) is 3.02. The maximum absolute atomic E-state index is 10.8. The summed E-state index contributed by atoms with van der Waals surface area (Å²) < 4.78 is 10.2. The summed E-state index contributed by atoms with van der Waals surface area (Å²) in [6, 6.07) is 1.74. The SMILES string of the molecule is N#CCC(=O)OCC1CCCCO1. The van der Waals surface area contributed by atoms with Crippen molar-refractivity contribution >= 4 is 5.97 Å². The molecule has 0 amide bonds. The van der Waals surface area contributed by atoms with Gasteiger partial charge in [-0.15, -0.1) is 0 Å². The third kappa shape index (κ3) is 3.90. The largest absolute Gasteiger partial charge is 0.462 e. The molecule has 1 rings (SSSR count). The van der Waals surface area contributed by atoms with E-state index in [1.165, 1.54) is 0 Å². The molecule has 72 valence electrons. The number of ether oxygens (including phenoxy) is 2. The van der Waals surface area contributed by atoms with Gasteiger partial charge in [0.25, 0.3) is 0 Å². The van der Waals surface area contributed by atoms with Crippen LogP contribution in [0.15, 0.2) is 0 Å². The molecule has 1 atom stereocenters. The van der Waals surface area contributed by atoms with Gasteiger partial charge in [-0.2, -0.15) is 5.26 Å². The third-order valence-corrected chi connectivity index (χ3v) is 1.93. The molecule has 4 heteroatoms. The predicted octanol–water partition coefficient (Wildman–Crippen LogP) is 1.01. The molecule has 0 bridgehead atoms. The van der Waals surface area contributed by atoms with Gasteiger partial charge < -0.3 is 9.47 Å². The molecule has 13 heavy (non-hydrogen) atoms. The van der Waals surface area contributed by atoms with E-state index in [-0.39, 0.29) is 12.5 Å². The molecule has 1 aliphatic heterocycles. The Morgan fingerprint density at radius 2 is 2.46 bits per heavy atom. The summed E-state index contributed by atoms with van der Waals surface area (Å²) >= 11 is 0. The topological polar surface area (TPSA) is 59.3 Å². The van der Waals surface area contributed by atoms with E-state index in [1.807, 2.05) is 0 Å². The highest BCUT2D eigenvalue weighted by Crippen LogP contribution is 2.12. The van der Waals surface area contributed by atoms with E-state index in [0.29, 0.717) is 6.61 Å². The summed E-state index contributed by atoms with van der Waals surface area (Å²) in [7, 11) is 0. The van der Waals surface area contributed by atoms with E-state index in [0.717, 1.165) is 25.9 Å². The average molecular weight is 183 g/mol. The molecule has 0 spiro atoms. The van der Waals surface area contributed by atoms with Gasteiger partial charge in [-0.05, 0) is 19.3 Å². The molecule has 1 heterocycles. The number of carbonyl (C=O) groups is 1. The Morgan fingerprint density at radius 1 is 1.62 bits per heavy atom. The van der Waals surface area contributed by atoms with Crippen LogP contribution in [-0.2, 0) is 14.3 Å². The normalized spacial score (nSPS) is 21.9.